The van der Waals surface area contributed by atoms with Crippen LogP contribution in [0.1, 0.15) is 18.4 Å². The molecule has 18 heavy (non-hydrogen) atoms. The van der Waals surface area contributed by atoms with Gasteiger partial charge in [0.2, 0.25) is 0 Å². The number of halogens is 3. The van der Waals surface area contributed by atoms with Gasteiger partial charge in [-0.1, -0.05) is 12.1 Å². The van der Waals surface area contributed by atoms with Crippen LogP contribution in [0, 0.1) is 5.92 Å². The zero-order valence-corrected chi connectivity index (χ0v) is 9.87. The Labute approximate surface area is 104 Å². The molecule has 1 aromatic carbocycles. The molecule has 2 saturated heterocycles. The number of nitrogens with zero attached hydrogens (tertiary/aromatic N) is 1. The van der Waals surface area contributed by atoms with Crippen molar-refractivity contribution in [2.75, 3.05) is 18.4 Å². The van der Waals surface area contributed by atoms with E-state index in [1.54, 1.807) is 6.07 Å². The maximum absolute atomic E-state index is 12.9. The van der Waals surface area contributed by atoms with Crippen molar-refractivity contribution in [1.82, 2.24) is 4.90 Å². The van der Waals surface area contributed by atoms with Crippen LogP contribution in [0.5, 0.6) is 0 Å². The van der Waals surface area contributed by atoms with Crippen LogP contribution in [0.2, 0.25) is 0 Å². The number of rotatable bonds is 2. The molecule has 0 saturated carbocycles. The Morgan fingerprint density at radius 2 is 1.78 bits per heavy atom. The van der Waals surface area contributed by atoms with Gasteiger partial charge >= 0.3 is 6.18 Å². The molecule has 0 aromatic heterocycles. The summed E-state index contributed by atoms with van der Waals surface area (Å²) in [5.74, 6) is 0.492. The average Bonchev–Trinajstić information content (AvgIpc) is 2.88. The summed E-state index contributed by atoms with van der Waals surface area (Å²) in [4.78, 5) is 2.23. The molecule has 0 aliphatic carbocycles. The van der Waals surface area contributed by atoms with Crippen molar-refractivity contribution >= 4 is 5.69 Å². The molecule has 2 bridgehead atoms. The number of hydrogen-bond acceptors (Lipinski definition) is 2. The molecule has 1 N–H and O–H groups in total. The summed E-state index contributed by atoms with van der Waals surface area (Å²) < 4.78 is 38.6. The van der Waals surface area contributed by atoms with Crippen molar-refractivity contribution in [3.63, 3.8) is 0 Å². The van der Waals surface area contributed by atoms with Gasteiger partial charge in [-0.3, -0.25) is 4.90 Å². The van der Waals surface area contributed by atoms with Gasteiger partial charge in [0.05, 0.1) is 11.7 Å². The molecule has 2 aliphatic heterocycles. The number of para-hydroxylation sites is 1. The van der Waals surface area contributed by atoms with Gasteiger partial charge in [-0.2, -0.15) is 13.2 Å². The minimum Gasteiger partial charge on any atom is -0.369 e. The van der Waals surface area contributed by atoms with Gasteiger partial charge in [-0.15, -0.1) is 0 Å². The standard InChI is InChI=1S/C13H15F3N2/c14-13(15,16)10-3-1-2-4-11(10)17-12-9-5-7-18(12)8-6-9/h1-4,9,12,17H,5-8H2. The van der Waals surface area contributed by atoms with Crippen molar-refractivity contribution in [3.05, 3.63) is 29.8 Å². The maximum Gasteiger partial charge on any atom is 0.418 e. The van der Waals surface area contributed by atoms with Crippen molar-refractivity contribution in [2.24, 2.45) is 5.92 Å². The van der Waals surface area contributed by atoms with E-state index in [2.05, 4.69) is 10.2 Å². The highest BCUT2D eigenvalue weighted by Gasteiger charge is 2.41. The second kappa shape index (κ2) is 4.16. The highest BCUT2D eigenvalue weighted by atomic mass is 19.4. The third-order valence-electron chi connectivity index (χ3n) is 3.95. The summed E-state index contributed by atoms with van der Waals surface area (Å²) in [5, 5.41) is 3.08. The highest BCUT2D eigenvalue weighted by molar-refractivity contribution is 5.53. The predicted octanol–water partition coefficient (Wildman–Crippen LogP) is 3.17. The first kappa shape index (κ1) is 11.8. The van der Waals surface area contributed by atoms with E-state index >= 15 is 0 Å². The fourth-order valence-corrected chi connectivity index (χ4v) is 3.04. The van der Waals surface area contributed by atoms with Gasteiger partial charge in [0, 0.05) is 18.8 Å². The summed E-state index contributed by atoms with van der Waals surface area (Å²) in [7, 11) is 0. The minimum atomic E-state index is -4.30. The first-order valence-electron chi connectivity index (χ1n) is 6.22. The Hall–Kier alpha value is -1.23. The van der Waals surface area contributed by atoms with Gasteiger partial charge in [-0.25, -0.2) is 0 Å². The van der Waals surface area contributed by atoms with E-state index in [0.29, 0.717) is 5.92 Å². The summed E-state index contributed by atoms with van der Waals surface area (Å²) in [5.41, 5.74) is -0.369. The zero-order valence-electron chi connectivity index (χ0n) is 9.87. The molecule has 0 radical (unpaired) electrons. The first-order valence-corrected chi connectivity index (χ1v) is 6.22. The summed E-state index contributed by atoms with van der Waals surface area (Å²) >= 11 is 0. The highest BCUT2D eigenvalue weighted by Crippen LogP contribution is 2.39. The van der Waals surface area contributed by atoms with Gasteiger partial charge in [-0.05, 0) is 30.9 Å². The Bertz CT molecular complexity index is 424. The molecule has 2 heterocycles. The number of piperidine rings is 1. The van der Waals surface area contributed by atoms with Crippen molar-refractivity contribution in [2.45, 2.75) is 25.2 Å². The van der Waals surface area contributed by atoms with Crippen LogP contribution in [0.15, 0.2) is 24.3 Å². The van der Waals surface area contributed by atoms with Crippen LogP contribution < -0.4 is 5.32 Å². The van der Waals surface area contributed by atoms with E-state index in [1.165, 1.54) is 12.1 Å². The van der Waals surface area contributed by atoms with Gasteiger partial charge in [0.1, 0.15) is 0 Å². The summed E-state index contributed by atoms with van der Waals surface area (Å²) in [6.45, 7) is 1.99. The molecule has 2 nitrogen and oxygen atoms in total. The summed E-state index contributed by atoms with van der Waals surface area (Å²) in [6, 6.07) is 5.72. The number of nitrogens with one attached hydrogen (secondary N) is 1. The SMILES string of the molecule is FC(F)(F)c1ccccc1NC1C2CCN1CC2. The fourth-order valence-electron chi connectivity index (χ4n) is 3.04. The Kier molecular flexibility index (Phi) is 2.73. The molecule has 0 amide bonds. The minimum absolute atomic E-state index is 0.0773. The van der Waals surface area contributed by atoms with Crippen LogP contribution in [0.3, 0.4) is 0 Å². The third kappa shape index (κ3) is 1.96. The average molecular weight is 256 g/mol. The number of benzene rings is 1. The lowest BCUT2D eigenvalue weighted by atomic mass is 10.0. The van der Waals surface area contributed by atoms with E-state index < -0.39 is 11.7 Å². The first-order chi connectivity index (χ1) is 8.55. The smallest absolute Gasteiger partial charge is 0.369 e. The van der Waals surface area contributed by atoms with E-state index in [1.807, 2.05) is 0 Å². The quantitative estimate of drug-likeness (QED) is 0.874. The molecule has 0 spiro atoms. The number of alkyl halides is 3. The van der Waals surface area contributed by atoms with Crippen molar-refractivity contribution in [3.8, 4) is 0 Å². The second-order valence-electron chi connectivity index (χ2n) is 5.01. The fraction of sp³-hybridized carbons (Fsp3) is 0.538. The Morgan fingerprint density at radius 1 is 1.11 bits per heavy atom. The number of anilines is 1. The predicted molar refractivity (Wildman–Crippen MR) is 63.2 cm³/mol. The molecule has 1 aromatic rings. The lowest BCUT2D eigenvalue weighted by Gasteiger charge is -2.23. The largest absolute Gasteiger partial charge is 0.418 e. The molecule has 1 atom stereocenters. The Balaban J connectivity index is 1.85. The molecular weight excluding hydrogens is 241 g/mol. The van der Waals surface area contributed by atoms with Crippen LogP contribution in [0.4, 0.5) is 18.9 Å². The molecule has 1 unspecified atom stereocenters. The lowest BCUT2D eigenvalue weighted by molar-refractivity contribution is -0.137. The molecule has 5 heteroatoms. The molecule has 2 fully saturated rings. The van der Waals surface area contributed by atoms with Gasteiger partial charge in [0.15, 0.2) is 0 Å². The molecule has 2 aliphatic rings. The van der Waals surface area contributed by atoms with E-state index in [4.69, 9.17) is 0 Å². The normalized spacial score (nSPS) is 30.7. The summed E-state index contributed by atoms with van der Waals surface area (Å²) in [6.07, 6.45) is -2.04. The van der Waals surface area contributed by atoms with E-state index in [-0.39, 0.29) is 11.9 Å². The Morgan fingerprint density at radius 3 is 2.33 bits per heavy atom. The monoisotopic (exact) mass is 256 g/mol. The number of fused-ring (bicyclic) bond motifs is 2. The molecular formula is C13H15F3N2. The van der Waals surface area contributed by atoms with Crippen LogP contribution in [0.25, 0.3) is 0 Å². The lowest BCUT2D eigenvalue weighted by Crippen LogP contribution is -2.33. The van der Waals surface area contributed by atoms with Gasteiger partial charge < -0.3 is 5.32 Å². The topological polar surface area (TPSA) is 15.3 Å². The zero-order chi connectivity index (χ0) is 12.8. The van der Waals surface area contributed by atoms with E-state index in [9.17, 15) is 13.2 Å². The van der Waals surface area contributed by atoms with Crippen molar-refractivity contribution in [1.29, 1.82) is 0 Å². The van der Waals surface area contributed by atoms with Gasteiger partial charge in [0.25, 0.3) is 0 Å². The third-order valence-corrected chi connectivity index (χ3v) is 3.95. The second-order valence-corrected chi connectivity index (χ2v) is 5.01. The van der Waals surface area contributed by atoms with Crippen LogP contribution in [-0.4, -0.2) is 24.2 Å². The van der Waals surface area contributed by atoms with Crippen LogP contribution >= 0.6 is 0 Å². The van der Waals surface area contributed by atoms with Crippen LogP contribution in [-0.2, 0) is 6.18 Å². The number of hydrogen-bond donors (Lipinski definition) is 1. The molecule has 3 rings (SSSR count). The molecule has 98 valence electrons. The van der Waals surface area contributed by atoms with E-state index in [0.717, 1.165) is 32.0 Å². The van der Waals surface area contributed by atoms with Crippen molar-refractivity contribution < 1.29 is 13.2 Å². The maximum atomic E-state index is 12.9.